The Labute approximate surface area is 106 Å². The number of imidazole rings is 1. The second kappa shape index (κ2) is 4.55. The lowest BCUT2D eigenvalue weighted by Crippen LogP contribution is -2.38. The van der Waals surface area contributed by atoms with Crippen LogP contribution >= 0.6 is 24.8 Å². The Hall–Kier alpha value is -0.870. The minimum atomic E-state index is 0.653. The molecular weight excluding hydrogens is 236 g/mol. The van der Waals surface area contributed by atoms with Gasteiger partial charge in [-0.1, -0.05) is 24.4 Å². The molecule has 0 spiro atoms. The molecule has 0 aliphatic carbocycles. The number of aromatic nitrogens is 2. The van der Waals surface area contributed by atoms with Crippen LogP contribution in [0.1, 0.15) is 19.7 Å². The second-order valence-electron chi connectivity index (χ2n) is 3.61. The minimum Gasteiger partial charge on any atom is -0.222 e. The predicted octanol–water partition coefficient (Wildman–Crippen LogP) is 2.57. The van der Waals surface area contributed by atoms with Crippen molar-refractivity contribution >= 4 is 40.1 Å². The molecule has 0 atom stereocenters. The quantitative estimate of drug-likeness (QED) is 0.501. The number of rotatable bonds is 3. The van der Waals surface area contributed by atoms with Crippen LogP contribution in [0.5, 0.6) is 0 Å². The van der Waals surface area contributed by atoms with Gasteiger partial charge in [-0.25, -0.2) is 9.13 Å². The van der Waals surface area contributed by atoms with E-state index in [2.05, 4.69) is 59.9 Å². The first-order valence-corrected chi connectivity index (χ1v) is 6.30. The molecule has 0 radical (unpaired) electrons. The Morgan fingerprint density at radius 3 is 2.62 bits per heavy atom. The monoisotopic (exact) mass is 251 g/mol. The Kier molecular flexibility index (Phi) is 3.30. The van der Waals surface area contributed by atoms with E-state index in [-0.39, 0.29) is 0 Å². The van der Waals surface area contributed by atoms with E-state index >= 15 is 0 Å². The van der Waals surface area contributed by atoms with Gasteiger partial charge in [0.25, 0.3) is 0 Å². The van der Waals surface area contributed by atoms with Crippen molar-refractivity contribution in [3.05, 3.63) is 30.1 Å². The zero-order valence-corrected chi connectivity index (χ0v) is 11.2. The van der Waals surface area contributed by atoms with Gasteiger partial charge >= 0.3 is 5.82 Å². The number of hydrogen-bond donors (Lipinski definition) is 1. The Bertz CT molecular complexity index is 502. The lowest BCUT2D eigenvalue weighted by molar-refractivity contribution is -0.669. The van der Waals surface area contributed by atoms with E-state index < -0.39 is 0 Å². The van der Waals surface area contributed by atoms with Crippen molar-refractivity contribution in [1.29, 1.82) is 0 Å². The molecule has 1 aromatic carbocycles. The summed E-state index contributed by atoms with van der Waals surface area (Å²) in [6.07, 6.45) is 0. The van der Waals surface area contributed by atoms with Crippen LogP contribution < -0.4 is 4.57 Å². The largest absolute Gasteiger partial charge is 0.307 e. The number of fused-ring (bicyclic) bond motifs is 1. The number of thiocarbonyl (C=S) groups is 1. The summed E-state index contributed by atoms with van der Waals surface area (Å²) < 4.78 is 5.09. The first-order chi connectivity index (χ1) is 7.70. The molecule has 0 fully saturated rings. The van der Waals surface area contributed by atoms with Gasteiger partial charge in [0.2, 0.25) is 0 Å². The molecule has 4 heteroatoms. The fourth-order valence-electron chi connectivity index (χ4n) is 2.17. The summed E-state index contributed by atoms with van der Waals surface area (Å²) in [4.78, 5) is 0. The highest BCUT2D eigenvalue weighted by atomic mass is 32.1. The highest BCUT2D eigenvalue weighted by Crippen LogP contribution is 2.16. The first-order valence-electron chi connectivity index (χ1n) is 5.45. The molecular formula is C12H15N2S2+. The van der Waals surface area contributed by atoms with E-state index in [1.807, 2.05) is 0 Å². The third-order valence-corrected chi connectivity index (χ3v) is 3.18. The van der Waals surface area contributed by atoms with Crippen molar-refractivity contribution in [2.45, 2.75) is 26.9 Å². The van der Waals surface area contributed by atoms with E-state index in [0.29, 0.717) is 4.20 Å². The molecule has 0 aliphatic rings. The van der Waals surface area contributed by atoms with Gasteiger partial charge in [0.05, 0.1) is 13.1 Å². The minimum absolute atomic E-state index is 0.653. The third kappa shape index (κ3) is 1.66. The summed E-state index contributed by atoms with van der Waals surface area (Å²) in [5.74, 6) is 1.03. The Morgan fingerprint density at radius 2 is 2.06 bits per heavy atom. The normalized spacial score (nSPS) is 10.9. The smallest absolute Gasteiger partial charge is 0.222 e. The summed E-state index contributed by atoms with van der Waals surface area (Å²) in [6.45, 7) is 6.07. The molecule has 0 N–H and O–H groups in total. The van der Waals surface area contributed by atoms with E-state index in [1.54, 1.807) is 0 Å². The van der Waals surface area contributed by atoms with Crippen LogP contribution in [0.3, 0.4) is 0 Å². The van der Waals surface area contributed by atoms with Crippen molar-refractivity contribution in [3.8, 4) is 0 Å². The molecule has 2 rings (SSSR count). The van der Waals surface area contributed by atoms with Crippen LogP contribution in [0.4, 0.5) is 0 Å². The van der Waals surface area contributed by atoms with Gasteiger partial charge in [-0.15, -0.1) is 12.6 Å². The maximum atomic E-state index is 5.23. The van der Waals surface area contributed by atoms with E-state index in [0.717, 1.165) is 18.9 Å². The van der Waals surface area contributed by atoms with Gasteiger partial charge in [-0.05, 0) is 26.0 Å². The molecule has 0 aliphatic heterocycles. The number of nitrogens with zero attached hydrogens (tertiary/aromatic N) is 2. The maximum absolute atomic E-state index is 5.23. The summed E-state index contributed by atoms with van der Waals surface area (Å²) in [6, 6.07) is 8.36. The summed E-state index contributed by atoms with van der Waals surface area (Å²) >= 11 is 9.57. The number of aryl methyl sites for hydroxylation is 2. The molecule has 0 saturated carbocycles. The van der Waals surface area contributed by atoms with Gasteiger partial charge in [-0.2, -0.15) is 0 Å². The first kappa shape index (κ1) is 11.6. The molecule has 0 bridgehead atoms. The van der Waals surface area contributed by atoms with Crippen LogP contribution in [0.15, 0.2) is 24.3 Å². The topological polar surface area (TPSA) is 8.81 Å². The van der Waals surface area contributed by atoms with Crippen molar-refractivity contribution in [3.63, 3.8) is 0 Å². The maximum Gasteiger partial charge on any atom is 0.307 e. The number of benzene rings is 1. The molecule has 2 nitrogen and oxygen atoms in total. The van der Waals surface area contributed by atoms with E-state index in [9.17, 15) is 0 Å². The average Bonchev–Trinajstić information content (AvgIpc) is 2.62. The molecule has 84 valence electrons. The molecule has 0 saturated heterocycles. The lowest BCUT2D eigenvalue weighted by Gasteiger charge is -1.98. The molecule has 1 aromatic heterocycles. The second-order valence-corrected chi connectivity index (χ2v) is 4.76. The van der Waals surface area contributed by atoms with Gasteiger partial charge in [0.1, 0.15) is 0 Å². The van der Waals surface area contributed by atoms with Crippen molar-refractivity contribution in [1.82, 2.24) is 4.57 Å². The van der Waals surface area contributed by atoms with Crippen LogP contribution in [-0.4, -0.2) is 8.76 Å². The summed E-state index contributed by atoms with van der Waals surface area (Å²) in [5.41, 5.74) is 2.44. The molecule has 0 unspecified atom stereocenters. The third-order valence-electron chi connectivity index (χ3n) is 2.80. The molecule has 16 heavy (non-hydrogen) atoms. The molecule has 0 amide bonds. The van der Waals surface area contributed by atoms with Crippen LogP contribution in [0.25, 0.3) is 11.0 Å². The molecule has 2 aromatic rings. The highest BCUT2D eigenvalue weighted by molar-refractivity contribution is 8.11. The van der Waals surface area contributed by atoms with Crippen LogP contribution in [-0.2, 0) is 13.1 Å². The number of thiol groups is 1. The lowest BCUT2D eigenvalue weighted by atomic mass is 10.3. The van der Waals surface area contributed by atoms with Crippen LogP contribution in [0, 0.1) is 0 Å². The summed E-state index contributed by atoms with van der Waals surface area (Å²) in [5, 5.41) is 0. The predicted molar refractivity (Wildman–Crippen MR) is 74.2 cm³/mol. The SMILES string of the molecule is CCn1c(C(=S)S)[n+](CC)c2ccccc21. The summed E-state index contributed by atoms with van der Waals surface area (Å²) in [7, 11) is 0. The van der Waals surface area contributed by atoms with Crippen molar-refractivity contribution in [2.24, 2.45) is 0 Å². The zero-order valence-electron chi connectivity index (χ0n) is 9.47. The average molecular weight is 251 g/mol. The highest BCUT2D eigenvalue weighted by Gasteiger charge is 2.24. The Morgan fingerprint density at radius 1 is 1.38 bits per heavy atom. The fourth-order valence-corrected chi connectivity index (χ4v) is 2.63. The van der Waals surface area contributed by atoms with Gasteiger partial charge in [0.15, 0.2) is 15.2 Å². The van der Waals surface area contributed by atoms with E-state index in [4.69, 9.17) is 12.2 Å². The van der Waals surface area contributed by atoms with Crippen molar-refractivity contribution in [2.75, 3.05) is 0 Å². The van der Waals surface area contributed by atoms with Gasteiger partial charge < -0.3 is 0 Å². The van der Waals surface area contributed by atoms with Gasteiger partial charge in [0, 0.05) is 0 Å². The standard InChI is InChI=1S/C12H14N2S2/c1-3-13-9-7-5-6-8-10(9)14(4-2)11(13)12(15)16/h5-8H,3-4H2,1-2H3/p+1. The number of hydrogen-bond acceptors (Lipinski definition) is 1. The van der Waals surface area contributed by atoms with Gasteiger partial charge in [-0.3, -0.25) is 0 Å². The Balaban J connectivity index is 2.89. The molecule has 1 heterocycles. The van der Waals surface area contributed by atoms with E-state index in [1.165, 1.54) is 11.0 Å². The number of para-hydroxylation sites is 2. The van der Waals surface area contributed by atoms with Crippen LogP contribution in [0.2, 0.25) is 0 Å². The van der Waals surface area contributed by atoms with Crippen molar-refractivity contribution < 1.29 is 4.57 Å². The zero-order chi connectivity index (χ0) is 11.7. The fraction of sp³-hybridized carbons (Fsp3) is 0.333.